The summed E-state index contributed by atoms with van der Waals surface area (Å²) in [6.45, 7) is 0.924. The molecule has 0 aliphatic carbocycles. The largest absolute Gasteiger partial charge is 0.497 e. The van der Waals surface area contributed by atoms with E-state index in [1.165, 1.54) is 4.90 Å². The minimum absolute atomic E-state index is 0.129. The molecule has 1 unspecified atom stereocenters. The highest BCUT2D eigenvalue weighted by Crippen LogP contribution is 2.16. The van der Waals surface area contributed by atoms with Crippen molar-refractivity contribution in [2.45, 2.75) is 25.3 Å². The smallest absolute Gasteiger partial charge is 0.324 e. The molecule has 170 valence electrons. The van der Waals surface area contributed by atoms with Gasteiger partial charge in [0.15, 0.2) is 0 Å². The first-order chi connectivity index (χ1) is 15.5. The summed E-state index contributed by atoms with van der Waals surface area (Å²) in [7, 11) is 1.60. The van der Waals surface area contributed by atoms with Crippen molar-refractivity contribution < 1.29 is 23.9 Å². The van der Waals surface area contributed by atoms with Crippen LogP contribution in [0.15, 0.2) is 48.5 Å². The SMILES string of the molecule is COc1ccc(CCN2C(=O)NC(CCC(=O)NCCOc3ccc(Cl)cc3)C2=O)cc1. The topological polar surface area (TPSA) is 97.0 Å². The van der Waals surface area contributed by atoms with Gasteiger partial charge in [-0.15, -0.1) is 0 Å². The van der Waals surface area contributed by atoms with Gasteiger partial charge in [0, 0.05) is 18.0 Å². The predicted molar refractivity (Wildman–Crippen MR) is 120 cm³/mol. The first-order valence-electron chi connectivity index (χ1n) is 10.4. The minimum Gasteiger partial charge on any atom is -0.497 e. The van der Waals surface area contributed by atoms with Crippen molar-refractivity contribution in [3.63, 3.8) is 0 Å². The van der Waals surface area contributed by atoms with E-state index in [0.717, 1.165) is 11.3 Å². The number of hydrogen-bond donors (Lipinski definition) is 2. The van der Waals surface area contributed by atoms with E-state index in [9.17, 15) is 14.4 Å². The summed E-state index contributed by atoms with van der Waals surface area (Å²) in [5.74, 6) is 0.905. The molecule has 1 fully saturated rings. The Balaban J connectivity index is 1.35. The number of nitrogens with zero attached hydrogens (tertiary/aromatic N) is 1. The monoisotopic (exact) mass is 459 g/mol. The second-order valence-corrected chi connectivity index (χ2v) is 7.72. The molecule has 1 atom stereocenters. The normalized spacial score (nSPS) is 15.4. The number of halogens is 1. The lowest BCUT2D eigenvalue weighted by atomic mass is 10.1. The van der Waals surface area contributed by atoms with Crippen molar-refractivity contribution in [3.8, 4) is 11.5 Å². The van der Waals surface area contributed by atoms with Crippen molar-refractivity contribution in [1.29, 1.82) is 0 Å². The van der Waals surface area contributed by atoms with Crippen molar-refractivity contribution >= 4 is 29.4 Å². The van der Waals surface area contributed by atoms with Crippen LogP contribution in [0.3, 0.4) is 0 Å². The quantitative estimate of drug-likeness (QED) is 0.398. The Morgan fingerprint density at radius 3 is 2.47 bits per heavy atom. The van der Waals surface area contributed by atoms with Gasteiger partial charge in [-0.05, 0) is 54.8 Å². The summed E-state index contributed by atoms with van der Waals surface area (Å²) < 4.78 is 10.6. The van der Waals surface area contributed by atoms with Crippen molar-refractivity contribution in [3.05, 3.63) is 59.1 Å². The molecule has 1 saturated heterocycles. The van der Waals surface area contributed by atoms with Gasteiger partial charge in [0.05, 0.1) is 13.7 Å². The van der Waals surface area contributed by atoms with E-state index in [4.69, 9.17) is 21.1 Å². The van der Waals surface area contributed by atoms with Gasteiger partial charge >= 0.3 is 6.03 Å². The maximum Gasteiger partial charge on any atom is 0.324 e. The summed E-state index contributed by atoms with van der Waals surface area (Å²) in [5, 5.41) is 6.03. The molecule has 1 heterocycles. The zero-order chi connectivity index (χ0) is 22.9. The molecule has 2 N–H and O–H groups in total. The molecule has 32 heavy (non-hydrogen) atoms. The number of amides is 4. The lowest BCUT2D eigenvalue weighted by Gasteiger charge is -2.13. The highest BCUT2D eigenvalue weighted by molar-refractivity contribution is 6.30. The minimum atomic E-state index is -0.686. The van der Waals surface area contributed by atoms with Crippen LogP contribution in [0.2, 0.25) is 5.02 Å². The number of benzene rings is 2. The molecule has 0 spiro atoms. The third-order valence-electron chi connectivity index (χ3n) is 5.06. The van der Waals surface area contributed by atoms with Crippen LogP contribution in [0.4, 0.5) is 4.79 Å². The number of imide groups is 1. The van der Waals surface area contributed by atoms with Crippen LogP contribution in [0.5, 0.6) is 11.5 Å². The van der Waals surface area contributed by atoms with E-state index in [1.807, 2.05) is 24.3 Å². The molecule has 1 aliphatic heterocycles. The first-order valence-corrected chi connectivity index (χ1v) is 10.7. The molecule has 1 aliphatic rings. The Kier molecular flexibility index (Phi) is 8.33. The molecular weight excluding hydrogens is 434 g/mol. The molecule has 2 aromatic carbocycles. The molecule has 9 heteroatoms. The summed E-state index contributed by atoms with van der Waals surface area (Å²) in [5.41, 5.74) is 0.995. The van der Waals surface area contributed by atoms with Gasteiger partial charge in [0.2, 0.25) is 5.91 Å². The van der Waals surface area contributed by atoms with E-state index in [-0.39, 0.29) is 31.2 Å². The highest BCUT2D eigenvalue weighted by Gasteiger charge is 2.37. The number of rotatable bonds is 11. The number of urea groups is 1. The number of ether oxygens (including phenoxy) is 2. The van der Waals surface area contributed by atoms with Gasteiger partial charge in [-0.25, -0.2) is 4.79 Å². The Hall–Kier alpha value is -3.26. The van der Waals surface area contributed by atoms with Crippen molar-refractivity contribution in [2.24, 2.45) is 0 Å². The van der Waals surface area contributed by atoms with Crippen LogP contribution in [-0.2, 0) is 16.0 Å². The number of hydrogen-bond acceptors (Lipinski definition) is 5. The van der Waals surface area contributed by atoms with Crippen molar-refractivity contribution in [1.82, 2.24) is 15.5 Å². The van der Waals surface area contributed by atoms with E-state index in [1.54, 1.807) is 31.4 Å². The molecular formula is C23H26ClN3O5. The summed E-state index contributed by atoms with van der Waals surface area (Å²) in [6, 6.07) is 13.3. The van der Waals surface area contributed by atoms with Crippen LogP contribution in [0, 0.1) is 0 Å². The van der Waals surface area contributed by atoms with Crippen LogP contribution in [0.25, 0.3) is 0 Å². The van der Waals surface area contributed by atoms with Crippen LogP contribution in [-0.4, -0.2) is 55.6 Å². The van der Waals surface area contributed by atoms with Crippen LogP contribution >= 0.6 is 11.6 Å². The third kappa shape index (κ3) is 6.62. The molecule has 0 bridgehead atoms. The van der Waals surface area contributed by atoms with Gasteiger partial charge in [-0.1, -0.05) is 23.7 Å². The maximum atomic E-state index is 12.6. The fourth-order valence-electron chi connectivity index (χ4n) is 3.27. The second kappa shape index (κ2) is 11.4. The fourth-order valence-corrected chi connectivity index (χ4v) is 3.40. The first kappa shape index (κ1) is 23.4. The molecule has 8 nitrogen and oxygen atoms in total. The predicted octanol–water partition coefficient (Wildman–Crippen LogP) is 2.79. The molecule has 0 saturated carbocycles. The molecule has 0 aromatic heterocycles. The van der Waals surface area contributed by atoms with E-state index in [0.29, 0.717) is 30.3 Å². The maximum absolute atomic E-state index is 12.6. The summed E-state index contributed by atoms with van der Waals surface area (Å²) in [6.07, 6.45) is 0.918. The van der Waals surface area contributed by atoms with E-state index in [2.05, 4.69) is 10.6 Å². The van der Waals surface area contributed by atoms with E-state index < -0.39 is 12.1 Å². The number of carbonyl (C=O) groups excluding carboxylic acids is 3. The number of carbonyl (C=O) groups is 3. The average Bonchev–Trinajstić information content (AvgIpc) is 3.07. The molecule has 3 rings (SSSR count). The van der Waals surface area contributed by atoms with Crippen molar-refractivity contribution in [2.75, 3.05) is 26.8 Å². The summed E-state index contributed by atoms with van der Waals surface area (Å²) >= 11 is 5.82. The second-order valence-electron chi connectivity index (χ2n) is 7.28. The van der Waals surface area contributed by atoms with Crippen LogP contribution < -0.4 is 20.1 Å². The van der Waals surface area contributed by atoms with Gasteiger partial charge in [0.1, 0.15) is 24.1 Å². The molecule has 4 amide bonds. The number of methoxy groups -OCH3 is 1. The zero-order valence-corrected chi connectivity index (χ0v) is 18.6. The fraction of sp³-hybridized carbons (Fsp3) is 0.348. The third-order valence-corrected chi connectivity index (χ3v) is 5.31. The lowest BCUT2D eigenvalue weighted by Crippen LogP contribution is -2.34. The van der Waals surface area contributed by atoms with E-state index >= 15 is 0 Å². The van der Waals surface area contributed by atoms with Gasteiger partial charge < -0.3 is 20.1 Å². The standard InChI is InChI=1S/C23H26ClN3O5/c1-31-18-6-2-16(3-7-18)12-14-27-22(29)20(26-23(27)30)10-11-21(28)25-13-15-32-19-8-4-17(24)5-9-19/h2-9,20H,10-15H2,1H3,(H,25,28)(H,26,30). The molecule has 0 radical (unpaired) electrons. The Bertz CT molecular complexity index is 934. The van der Waals surface area contributed by atoms with Gasteiger partial charge in [0.25, 0.3) is 5.91 Å². The summed E-state index contributed by atoms with van der Waals surface area (Å²) in [4.78, 5) is 38.0. The Labute approximate surface area is 191 Å². The zero-order valence-electron chi connectivity index (χ0n) is 17.8. The van der Waals surface area contributed by atoms with Crippen LogP contribution in [0.1, 0.15) is 18.4 Å². The van der Waals surface area contributed by atoms with Gasteiger partial charge in [-0.2, -0.15) is 0 Å². The highest BCUT2D eigenvalue weighted by atomic mass is 35.5. The molecule has 2 aromatic rings. The number of nitrogens with one attached hydrogen (secondary N) is 2. The Morgan fingerprint density at radius 1 is 1.09 bits per heavy atom. The lowest BCUT2D eigenvalue weighted by molar-refractivity contribution is -0.127. The van der Waals surface area contributed by atoms with Gasteiger partial charge in [-0.3, -0.25) is 14.5 Å². The average molecular weight is 460 g/mol. The Morgan fingerprint density at radius 2 is 1.78 bits per heavy atom.